The third kappa shape index (κ3) is 4.07. The molecule has 1 heterocycles. The first-order chi connectivity index (χ1) is 10.4. The molecule has 0 aliphatic carbocycles. The number of likely N-dealkylation sites (tertiary alicyclic amines) is 1. The summed E-state index contributed by atoms with van der Waals surface area (Å²) in [4.78, 5) is 25.8. The second kappa shape index (κ2) is 6.92. The van der Waals surface area contributed by atoms with Crippen molar-refractivity contribution in [3.05, 3.63) is 35.9 Å². The van der Waals surface area contributed by atoms with Crippen LogP contribution in [0.5, 0.6) is 0 Å². The number of nitrogens with one attached hydrogen (secondary N) is 1. The summed E-state index contributed by atoms with van der Waals surface area (Å²) < 4.78 is 0. The highest BCUT2D eigenvalue weighted by Gasteiger charge is 2.35. The lowest BCUT2D eigenvalue weighted by Gasteiger charge is -2.25. The van der Waals surface area contributed by atoms with E-state index < -0.39 is 0 Å². The maximum Gasteiger partial charge on any atom is 0.225 e. The number of hydrogen-bond acceptors (Lipinski definition) is 3. The molecule has 0 bridgehead atoms. The number of carbonyl (C=O) groups is 2. The van der Waals surface area contributed by atoms with E-state index in [-0.39, 0.29) is 29.7 Å². The van der Waals surface area contributed by atoms with Gasteiger partial charge < -0.3 is 16.0 Å². The molecule has 1 aliphatic rings. The van der Waals surface area contributed by atoms with E-state index in [9.17, 15) is 9.59 Å². The van der Waals surface area contributed by atoms with E-state index in [1.165, 1.54) is 6.92 Å². The van der Waals surface area contributed by atoms with Crippen molar-refractivity contribution in [3.63, 3.8) is 0 Å². The summed E-state index contributed by atoms with van der Waals surface area (Å²) >= 11 is 0. The third-order valence-corrected chi connectivity index (χ3v) is 4.36. The Labute approximate surface area is 131 Å². The summed E-state index contributed by atoms with van der Waals surface area (Å²) in [6.07, 6.45) is 1.22. The molecular weight excluding hydrogens is 278 g/mol. The van der Waals surface area contributed by atoms with Gasteiger partial charge in [0.25, 0.3) is 0 Å². The van der Waals surface area contributed by atoms with Crippen LogP contribution in [0.2, 0.25) is 0 Å². The summed E-state index contributed by atoms with van der Waals surface area (Å²) in [5.74, 6) is -0.0605. The summed E-state index contributed by atoms with van der Waals surface area (Å²) in [6, 6.07) is 9.33. The molecule has 0 spiro atoms. The molecule has 1 saturated heterocycles. The van der Waals surface area contributed by atoms with Gasteiger partial charge in [-0.25, -0.2) is 0 Å². The first-order valence-corrected chi connectivity index (χ1v) is 7.73. The SMILES string of the molecule is CC(=O)NC(CC(=O)N1CCC(C)(CN)C1)c1ccccc1. The van der Waals surface area contributed by atoms with Gasteiger partial charge in [0.15, 0.2) is 0 Å². The van der Waals surface area contributed by atoms with Crippen LogP contribution in [0.25, 0.3) is 0 Å². The normalized spacial score (nSPS) is 22.4. The van der Waals surface area contributed by atoms with Gasteiger partial charge in [-0.15, -0.1) is 0 Å². The fraction of sp³-hybridized carbons (Fsp3) is 0.529. The first-order valence-electron chi connectivity index (χ1n) is 7.73. The fourth-order valence-electron chi connectivity index (χ4n) is 2.89. The molecule has 5 nitrogen and oxygen atoms in total. The number of rotatable bonds is 5. The average Bonchev–Trinajstić information content (AvgIpc) is 2.90. The minimum atomic E-state index is -0.282. The van der Waals surface area contributed by atoms with Gasteiger partial charge in [0.1, 0.15) is 0 Å². The lowest BCUT2D eigenvalue weighted by atomic mass is 9.90. The molecule has 5 heteroatoms. The first kappa shape index (κ1) is 16.5. The molecule has 120 valence electrons. The van der Waals surface area contributed by atoms with Crippen molar-refractivity contribution in [1.82, 2.24) is 10.2 Å². The van der Waals surface area contributed by atoms with E-state index in [2.05, 4.69) is 12.2 Å². The Balaban J connectivity index is 2.04. The van der Waals surface area contributed by atoms with Gasteiger partial charge in [0.05, 0.1) is 12.5 Å². The van der Waals surface area contributed by atoms with E-state index in [4.69, 9.17) is 5.73 Å². The Hall–Kier alpha value is -1.88. The molecule has 2 amide bonds. The molecule has 1 aromatic rings. The Morgan fingerprint density at radius 2 is 2.05 bits per heavy atom. The van der Waals surface area contributed by atoms with E-state index in [0.717, 1.165) is 18.5 Å². The van der Waals surface area contributed by atoms with Crippen LogP contribution in [0.15, 0.2) is 30.3 Å². The fourth-order valence-corrected chi connectivity index (χ4v) is 2.89. The minimum Gasteiger partial charge on any atom is -0.349 e. The molecule has 2 atom stereocenters. The van der Waals surface area contributed by atoms with Crippen LogP contribution in [0.1, 0.15) is 38.3 Å². The summed E-state index contributed by atoms with van der Waals surface area (Å²) in [7, 11) is 0. The zero-order chi connectivity index (χ0) is 16.2. The van der Waals surface area contributed by atoms with Gasteiger partial charge in [-0.05, 0) is 23.9 Å². The molecule has 1 aromatic carbocycles. The van der Waals surface area contributed by atoms with Crippen LogP contribution in [-0.4, -0.2) is 36.3 Å². The van der Waals surface area contributed by atoms with Crippen LogP contribution < -0.4 is 11.1 Å². The third-order valence-electron chi connectivity index (χ3n) is 4.36. The monoisotopic (exact) mass is 303 g/mol. The van der Waals surface area contributed by atoms with E-state index in [1.807, 2.05) is 35.2 Å². The predicted molar refractivity (Wildman–Crippen MR) is 86.0 cm³/mol. The molecule has 0 saturated carbocycles. The quantitative estimate of drug-likeness (QED) is 0.864. The Kier molecular flexibility index (Phi) is 5.19. The molecule has 0 aromatic heterocycles. The zero-order valence-corrected chi connectivity index (χ0v) is 13.3. The van der Waals surface area contributed by atoms with Crippen LogP contribution in [-0.2, 0) is 9.59 Å². The molecule has 2 rings (SSSR count). The van der Waals surface area contributed by atoms with Crippen LogP contribution in [0.3, 0.4) is 0 Å². The van der Waals surface area contributed by atoms with Crippen molar-refractivity contribution >= 4 is 11.8 Å². The van der Waals surface area contributed by atoms with Crippen molar-refractivity contribution in [2.75, 3.05) is 19.6 Å². The molecule has 22 heavy (non-hydrogen) atoms. The Bertz CT molecular complexity index is 532. The van der Waals surface area contributed by atoms with Gasteiger partial charge in [-0.2, -0.15) is 0 Å². The highest BCUT2D eigenvalue weighted by molar-refractivity contribution is 5.79. The van der Waals surface area contributed by atoms with Gasteiger partial charge in [-0.1, -0.05) is 37.3 Å². The van der Waals surface area contributed by atoms with E-state index in [0.29, 0.717) is 13.1 Å². The zero-order valence-electron chi connectivity index (χ0n) is 13.3. The van der Waals surface area contributed by atoms with Crippen molar-refractivity contribution in [2.45, 2.75) is 32.7 Å². The highest BCUT2D eigenvalue weighted by Crippen LogP contribution is 2.30. The number of nitrogens with zero attached hydrogens (tertiary/aromatic N) is 1. The van der Waals surface area contributed by atoms with Crippen LogP contribution in [0, 0.1) is 5.41 Å². The van der Waals surface area contributed by atoms with Crippen molar-refractivity contribution < 1.29 is 9.59 Å². The lowest BCUT2D eigenvalue weighted by Crippen LogP contribution is -2.37. The van der Waals surface area contributed by atoms with Gasteiger partial charge in [0, 0.05) is 20.0 Å². The number of hydrogen-bond donors (Lipinski definition) is 2. The minimum absolute atomic E-state index is 0.0197. The molecule has 1 fully saturated rings. The molecular formula is C17H25N3O2. The van der Waals surface area contributed by atoms with Crippen molar-refractivity contribution in [3.8, 4) is 0 Å². The summed E-state index contributed by atoms with van der Waals surface area (Å²) in [5, 5.41) is 2.87. The van der Waals surface area contributed by atoms with E-state index >= 15 is 0 Å². The standard InChI is InChI=1S/C17H25N3O2/c1-13(21)19-15(14-6-4-3-5-7-14)10-16(22)20-9-8-17(2,11-18)12-20/h3-7,15H,8-12,18H2,1-2H3,(H,19,21). The van der Waals surface area contributed by atoms with Gasteiger partial charge >= 0.3 is 0 Å². The number of amides is 2. The smallest absolute Gasteiger partial charge is 0.225 e. The van der Waals surface area contributed by atoms with Crippen molar-refractivity contribution in [1.29, 1.82) is 0 Å². The number of carbonyl (C=O) groups excluding carboxylic acids is 2. The topological polar surface area (TPSA) is 75.4 Å². The van der Waals surface area contributed by atoms with Gasteiger partial charge in [0.2, 0.25) is 11.8 Å². The molecule has 1 aliphatic heterocycles. The maximum absolute atomic E-state index is 12.5. The second-order valence-electron chi connectivity index (χ2n) is 6.45. The molecule has 3 N–H and O–H groups in total. The second-order valence-corrected chi connectivity index (χ2v) is 6.45. The molecule has 0 radical (unpaired) electrons. The van der Waals surface area contributed by atoms with Crippen molar-refractivity contribution in [2.24, 2.45) is 11.1 Å². The summed E-state index contributed by atoms with van der Waals surface area (Å²) in [6.45, 7) is 5.62. The molecule has 2 unspecified atom stereocenters. The number of nitrogens with two attached hydrogens (primary N) is 1. The number of benzene rings is 1. The van der Waals surface area contributed by atoms with Crippen LogP contribution >= 0.6 is 0 Å². The Morgan fingerprint density at radius 3 is 2.59 bits per heavy atom. The van der Waals surface area contributed by atoms with Crippen LogP contribution in [0.4, 0.5) is 0 Å². The summed E-state index contributed by atoms with van der Waals surface area (Å²) in [5.41, 5.74) is 6.76. The largest absolute Gasteiger partial charge is 0.349 e. The van der Waals surface area contributed by atoms with E-state index in [1.54, 1.807) is 0 Å². The highest BCUT2D eigenvalue weighted by atomic mass is 16.2. The maximum atomic E-state index is 12.5. The lowest BCUT2D eigenvalue weighted by molar-refractivity contribution is -0.131. The van der Waals surface area contributed by atoms with Gasteiger partial charge in [-0.3, -0.25) is 9.59 Å². The Morgan fingerprint density at radius 1 is 1.36 bits per heavy atom. The average molecular weight is 303 g/mol. The predicted octanol–water partition coefficient (Wildman–Crippen LogP) is 1.45.